The molecule has 8 heteroatoms. The van der Waals surface area contributed by atoms with Gasteiger partial charge in [0.05, 0.1) is 17.7 Å². The minimum Gasteiger partial charge on any atom is -0.368 e. The summed E-state index contributed by atoms with van der Waals surface area (Å²) in [7, 11) is 0. The number of nitrogens with two attached hydrogens (primary N) is 1. The molecule has 1 saturated heterocycles. The summed E-state index contributed by atoms with van der Waals surface area (Å²) in [6.45, 7) is 4.60. The Morgan fingerprint density at radius 2 is 2.24 bits per heavy atom. The fraction of sp³-hybridized carbons (Fsp3) is 0.412. The lowest BCUT2D eigenvalue weighted by Gasteiger charge is -2.33. The van der Waals surface area contributed by atoms with Crippen molar-refractivity contribution < 1.29 is 0 Å². The van der Waals surface area contributed by atoms with Crippen molar-refractivity contribution in [3.63, 3.8) is 0 Å². The summed E-state index contributed by atoms with van der Waals surface area (Å²) in [6.07, 6.45) is 6.16. The molecule has 1 aliphatic rings. The first kappa shape index (κ1) is 16.0. The van der Waals surface area contributed by atoms with E-state index in [9.17, 15) is 0 Å². The first-order chi connectivity index (χ1) is 12.2. The van der Waals surface area contributed by atoms with Crippen LogP contribution in [0.1, 0.15) is 36.0 Å². The topological polar surface area (TPSA) is 85.8 Å². The van der Waals surface area contributed by atoms with Crippen LogP contribution < -0.4 is 10.6 Å². The first-order valence-corrected chi connectivity index (χ1v) is 9.37. The molecule has 0 spiro atoms. The fourth-order valence-electron chi connectivity index (χ4n) is 3.44. The second-order valence-electron chi connectivity index (χ2n) is 6.40. The predicted octanol–water partition coefficient (Wildman–Crippen LogP) is 2.45. The van der Waals surface area contributed by atoms with Crippen LogP contribution in [0.5, 0.6) is 0 Å². The van der Waals surface area contributed by atoms with Gasteiger partial charge >= 0.3 is 0 Å². The van der Waals surface area contributed by atoms with Crippen LogP contribution in [0.15, 0.2) is 29.4 Å². The minimum atomic E-state index is 0.335. The molecule has 3 aromatic rings. The van der Waals surface area contributed by atoms with Gasteiger partial charge in [0.1, 0.15) is 11.6 Å². The van der Waals surface area contributed by atoms with Gasteiger partial charge in [0.15, 0.2) is 0 Å². The highest BCUT2D eigenvalue weighted by Gasteiger charge is 2.26. The van der Waals surface area contributed by atoms with Crippen LogP contribution in [0.25, 0.3) is 0 Å². The number of thiazole rings is 1. The number of rotatable bonds is 4. The van der Waals surface area contributed by atoms with Gasteiger partial charge in [-0.05, 0) is 19.8 Å². The number of hydrogen-bond acceptors (Lipinski definition) is 7. The van der Waals surface area contributed by atoms with Crippen molar-refractivity contribution in [3.8, 4) is 0 Å². The van der Waals surface area contributed by atoms with Gasteiger partial charge in [-0.2, -0.15) is 4.98 Å². The summed E-state index contributed by atoms with van der Waals surface area (Å²) in [5.41, 5.74) is 9.67. The molecular formula is C17H21N7S. The zero-order chi connectivity index (χ0) is 17.2. The Balaban J connectivity index is 1.55. The molecule has 1 fully saturated rings. The van der Waals surface area contributed by atoms with E-state index in [1.165, 1.54) is 0 Å². The Bertz CT molecular complexity index is 822. The number of nitrogen functional groups attached to an aromatic ring is 1. The van der Waals surface area contributed by atoms with E-state index in [1.54, 1.807) is 11.3 Å². The van der Waals surface area contributed by atoms with Gasteiger partial charge in [-0.15, -0.1) is 11.3 Å². The van der Waals surface area contributed by atoms with E-state index in [-0.39, 0.29) is 0 Å². The average molecular weight is 355 g/mol. The molecule has 25 heavy (non-hydrogen) atoms. The molecule has 7 nitrogen and oxygen atoms in total. The zero-order valence-electron chi connectivity index (χ0n) is 14.2. The Morgan fingerprint density at radius 1 is 1.32 bits per heavy atom. The van der Waals surface area contributed by atoms with Gasteiger partial charge in [-0.1, -0.05) is 0 Å². The number of aryl methyl sites for hydroxylation is 1. The lowest BCUT2D eigenvalue weighted by atomic mass is 9.97. The largest absolute Gasteiger partial charge is 0.368 e. The number of piperidine rings is 1. The van der Waals surface area contributed by atoms with Crippen LogP contribution in [-0.2, 0) is 6.54 Å². The molecule has 1 aliphatic heterocycles. The normalized spacial score (nSPS) is 17.8. The van der Waals surface area contributed by atoms with Crippen molar-refractivity contribution in [3.05, 3.63) is 46.6 Å². The van der Waals surface area contributed by atoms with Gasteiger partial charge in [0.25, 0.3) is 0 Å². The maximum Gasteiger partial charge on any atom is 0.222 e. The molecule has 3 aromatic heterocycles. The van der Waals surface area contributed by atoms with E-state index in [4.69, 9.17) is 5.73 Å². The van der Waals surface area contributed by atoms with Crippen LogP contribution in [-0.4, -0.2) is 37.6 Å². The molecule has 130 valence electrons. The smallest absolute Gasteiger partial charge is 0.222 e. The summed E-state index contributed by atoms with van der Waals surface area (Å²) >= 11 is 1.62. The number of anilines is 2. The lowest BCUT2D eigenvalue weighted by Crippen LogP contribution is -2.36. The number of aromatic nitrogens is 5. The van der Waals surface area contributed by atoms with E-state index in [1.807, 2.05) is 30.9 Å². The molecule has 2 N–H and O–H groups in total. The standard InChI is InChI=1S/C17H21N7S/c1-12-7-15(22-17(18)21-12)23-5-2-3-13(8-23)16-19-4-6-24(16)9-14-10-25-11-20-14/h4,6-7,10-11,13H,2-3,5,8-9H2,1H3,(H2,18,21,22). The van der Waals surface area contributed by atoms with Crippen molar-refractivity contribution in [2.24, 2.45) is 0 Å². The third-order valence-electron chi connectivity index (χ3n) is 4.53. The summed E-state index contributed by atoms with van der Waals surface area (Å²) in [4.78, 5) is 19.9. The Kier molecular flexibility index (Phi) is 4.35. The second-order valence-corrected chi connectivity index (χ2v) is 7.12. The summed E-state index contributed by atoms with van der Waals surface area (Å²) in [5, 5.41) is 2.09. The Labute approximate surface area is 150 Å². The van der Waals surface area contributed by atoms with E-state index in [0.29, 0.717) is 11.9 Å². The van der Waals surface area contributed by atoms with Crippen LogP contribution >= 0.6 is 11.3 Å². The molecule has 0 radical (unpaired) electrons. The lowest BCUT2D eigenvalue weighted by molar-refractivity contribution is 0.473. The number of imidazole rings is 1. The number of hydrogen-bond donors (Lipinski definition) is 1. The Hall–Kier alpha value is -2.48. The van der Waals surface area contributed by atoms with Crippen molar-refractivity contribution in [1.82, 2.24) is 24.5 Å². The Morgan fingerprint density at radius 3 is 3.04 bits per heavy atom. The molecule has 4 rings (SSSR count). The number of nitrogens with zero attached hydrogens (tertiary/aromatic N) is 6. The van der Waals surface area contributed by atoms with Crippen LogP contribution in [0.3, 0.4) is 0 Å². The molecule has 0 bridgehead atoms. The molecule has 1 unspecified atom stereocenters. The van der Waals surface area contributed by atoms with Crippen molar-refractivity contribution >= 4 is 23.1 Å². The molecule has 1 atom stereocenters. The van der Waals surface area contributed by atoms with Gasteiger partial charge in [-0.25, -0.2) is 15.0 Å². The molecule has 4 heterocycles. The third kappa shape index (κ3) is 3.48. The monoisotopic (exact) mass is 355 g/mol. The van der Waals surface area contributed by atoms with Crippen molar-refractivity contribution in [2.75, 3.05) is 23.7 Å². The highest BCUT2D eigenvalue weighted by Crippen LogP contribution is 2.29. The fourth-order valence-corrected chi connectivity index (χ4v) is 3.99. The highest BCUT2D eigenvalue weighted by atomic mass is 32.1. The maximum atomic E-state index is 5.82. The SMILES string of the molecule is Cc1cc(N2CCCC(c3nccn3Cc3cscn3)C2)nc(N)n1. The van der Waals surface area contributed by atoms with E-state index in [0.717, 1.165) is 55.5 Å². The van der Waals surface area contributed by atoms with Gasteiger partial charge in [0.2, 0.25) is 5.95 Å². The molecule has 0 amide bonds. The quantitative estimate of drug-likeness (QED) is 0.774. The predicted molar refractivity (Wildman–Crippen MR) is 98.8 cm³/mol. The molecule has 0 saturated carbocycles. The average Bonchev–Trinajstić information content (AvgIpc) is 3.26. The van der Waals surface area contributed by atoms with Crippen LogP contribution in [0.4, 0.5) is 11.8 Å². The van der Waals surface area contributed by atoms with Crippen LogP contribution in [0.2, 0.25) is 0 Å². The maximum absolute atomic E-state index is 5.82. The van der Waals surface area contributed by atoms with E-state index in [2.05, 4.69) is 34.8 Å². The summed E-state index contributed by atoms with van der Waals surface area (Å²) < 4.78 is 2.21. The third-order valence-corrected chi connectivity index (χ3v) is 5.17. The van der Waals surface area contributed by atoms with Crippen molar-refractivity contribution in [1.29, 1.82) is 0 Å². The molecular weight excluding hydrogens is 334 g/mol. The second kappa shape index (κ2) is 6.79. The van der Waals surface area contributed by atoms with Gasteiger partial charge < -0.3 is 15.2 Å². The van der Waals surface area contributed by atoms with Crippen LogP contribution in [0, 0.1) is 6.92 Å². The highest BCUT2D eigenvalue weighted by molar-refractivity contribution is 7.07. The van der Waals surface area contributed by atoms with E-state index >= 15 is 0 Å². The molecule has 0 aromatic carbocycles. The van der Waals surface area contributed by atoms with E-state index < -0.39 is 0 Å². The minimum absolute atomic E-state index is 0.335. The van der Waals surface area contributed by atoms with Gasteiger partial charge in [0, 0.05) is 48.5 Å². The van der Waals surface area contributed by atoms with Crippen molar-refractivity contribution in [2.45, 2.75) is 32.2 Å². The zero-order valence-corrected chi connectivity index (χ0v) is 15.0. The first-order valence-electron chi connectivity index (χ1n) is 8.43. The summed E-state index contributed by atoms with van der Waals surface area (Å²) in [6, 6.07) is 2.00. The molecule has 0 aliphatic carbocycles. The summed E-state index contributed by atoms with van der Waals surface area (Å²) in [5.74, 6) is 2.74. The van der Waals surface area contributed by atoms with Gasteiger partial charge in [-0.3, -0.25) is 0 Å².